The van der Waals surface area contributed by atoms with Crippen LogP contribution in [-0.4, -0.2) is 71.2 Å². The number of anilines is 1. The van der Waals surface area contributed by atoms with Crippen LogP contribution in [0.4, 0.5) is 5.82 Å². The maximum atomic E-state index is 13.6. The van der Waals surface area contributed by atoms with Gasteiger partial charge in [0.1, 0.15) is 5.82 Å². The van der Waals surface area contributed by atoms with Crippen molar-refractivity contribution in [2.75, 3.05) is 24.5 Å². The number of nitrogens with one attached hydrogen (secondary N) is 1. The third-order valence-electron chi connectivity index (χ3n) is 6.36. The molecule has 9 heteroatoms. The zero-order chi connectivity index (χ0) is 24.2. The van der Waals surface area contributed by atoms with Crippen LogP contribution in [0.5, 0.6) is 0 Å². The fourth-order valence-corrected chi connectivity index (χ4v) is 5.27. The molecule has 35 heavy (non-hydrogen) atoms. The van der Waals surface area contributed by atoms with Gasteiger partial charge in [0.05, 0.1) is 11.1 Å². The molecule has 180 valence electrons. The van der Waals surface area contributed by atoms with E-state index >= 15 is 0 Å². The van der Waals surface area contributed by atoms with Crippen molar-refractivity contribution in [3.63, 3.8) is 0 Å². The van der Waals surface area contributed by atoms with E-state index in [4.69, 9.17) is 16.6 Å². The Hall–Kier alpha value is -1.64. The van der Waals surface area contributed by atoms with Crippen LogP contribution in [-0.2, 0) is 4.79 Å². The molecule has 0 bridgehead atoms. The van der Waals surface area contributed by atoms with Gasteiger partial charge in [-0.25, -0.2) is 4.98 Å². The second kappa shape index (κ2) is 12.5. The van der Waals surface area contributed by atoms with Gasteiger partial charge in [0.25, 0.3) is 5.91 Å². The van der Waals surface area contributed by atoms with Crippen molar-refractivity contribution in [2.24, 2.45) is 0 Å². The van der Waals surface area contributed by atoms with E-state index in [0.717, 1.165) is 58.3 Å². The number of hydrogen-bond donors (Lipinski definition) is 2. The Morgan fingerprint density at radius 1 is 1.20 bits per heavy atom. The molecule has 1 fully saturated rings. The monoisotopic (exact) mass is 567 g/mol. The second-order valence-corrected chi connectivity index (χ2v) is 9.97. The van der Waals surface area contributed by atoms with Gasteiger partial charge in [-0.15, -0.1) is 0 Å². The number of rotatable bonds is 8. The summed E-state index contributed by atoms with van der Waals surface area (Å²) in [7, 11) is 0. The predicted molar refractivity (Wildman–Crippen MR) is 146 cm³/mol. The van der Waals surface area contributed by atoms with E-state index in [0.29, 0.717) is 17.0 Å². The summed E-state index contributed by atoms with van der Waals surface area (Å²) in [6, 6.07) is 13.2. The molecule has 0 spiro atoms. The second-order valence-electron chi connectivity index (χ2n) is 8.65. The molecule has 1 saturated heterocycles. The Bertz CT molecular complexity index is 1230. The fourth-order valence-electron chi connectivity index (χ4n) is 4.62. The fraction of sp³-hybridized carbons (Fsp3) is 0.346. The quantitative estimate of drug-likeness (QED) is 0.361. The first-order valence-electron chi connectivity index (χ1n) is 11.4. The van der Waals surface area contributed by atoms with Gasteiger partial charge < -0.3 is 15.3 Å². The number of carboxylic acids is 1. The molecule has 2 aromatic carbocycles. The van der Waals surface area contributed by atoms with Crippen LogP contribution < -0.4 is 10.2 Å². The van der Waals surface area contributed by atoms with Crippen molar-refractivity contribution >= 4 is 85.7 Å². The van der Waals surface area contributed by atoms with Crippen molar-refractivity contribution in [3.05, 3.63) is 68.7 Å². The topological polar surface area (TPSA) is 82.5 Å². The number of benzene rings is 2. The molecule has 3 aromatic rings. The molecule has 2 heterocycles. The van der Waals surface area contributed by atoms with E-state index in [9.17, 15) is 14.7 Å². The van der Waals surface area contributed by atoms with Crippen LogP contribution >= 0.6 is 27.5 Å². The van der Waals surface area contributed by atoms with E-state index in [-0.39, 0.29) is 54.3 Å². The van der Waals surface area contributed by atoms with Crippen LogP contribution in [0.3, 0.4) is 0 Å². The summed E-state index contributed by atoms with van der Waals surface area (Å²) in [6.45, 7) is 4.10. The normalized spacial score (nSPS) is 14.0. The first-order chi connectivity index (χ1) is 16.3. The van der Waals surface area contributed by atoms with E-state index in [1.54, 1.807) is 6.07 Å². The van der Waals surface area contributed by atoms with Gasteiger partial charge in [-0.1, -0.05) is 45.7 Å². The van der Waals surface area contributed by atoms with Gasteiger partial charge in [-0.05, 0) is 56.0 Å². The van der Waals surface area contributed by atoms with Crippen LogP contribution in [0.1, 0.15) is 53.1 Å². The average molecular weight is 569 g/mol. The number of pyridine rings is 1. The SMILES string of the molecule is Cc1c(N2CCCC2)nc2ccc(Br)cc2c1C(=O)NCC(CCC(=O)O)c1ccccc1Cl.[NaH]. The van der Waals surface area contributed by atoms with Crippen LogP contribution in [0, 0.1) is 6.92 Å². The summed E-state index contributed by atoms with van der Waals surface area (Å²) in [4.78, 5) is 32.0. The number of amides is 1. The summed E-state index contributed by atoms with van der Waals surface area (Å²) >= 11 is 9.92. The maximum absolute atomic E-state index is 13.6. The number of carbonyl (C=O) groups is 2. The molecule has 1 amide bonds. The number of aromatic nitrogens is 1. The van der Waals surface area contributed by atoms with E-state index < -0.39 is 5.97 Å². The zero-order valence-electron chi connectivity index (χ0n) is 19.0. The minimum absolute atomic E-state index is 0. The third-order valence-corrected chi connectivity index (χ3v) is 7.20. The number of carbonyl (C=O) groups excluding carboxylic acids is 1. The number of nitrogens with zero attached hydrogens (tertiary/aromatic N) is 2. The number of hydrogen-bond acceptors (Lipinski definition) is 4. The number of fused-ring (bicyclic) bond motifs is 1. The van der Waals surface area contributed by atoms with Crippen molar-refractivity contribution in [3.8, 4) is 0 Å². The third kappa shape index (κ3) is 6.57. The molecule has 1 aliphatic rings. The predicted octanol–water partition coefficient (Wildman–Crippen LogP) is 5.29. The van der Waals surface area contributed by atoms with Gasteiger partial charge in [-0.2, -0.15) is 0 Å². The van der Waals surface area contributed by atoms with Crippen molar-refractivity contribution in [1.29, 1.82) is 0 Å². The van der Waals surface area contributed by atoms with Gasteiger partial charge in [0.2, 0.25) is 0 Å². The number of aliphatic carboxylic acids is 1. The Morgan fingerprint density at radius 2 is 1.91 bits per heavy atom. The Kier molecular flexibility index (Phi) is 10.0. The molecular weight excluding hydrogens is 541 g/mol. The molecule has 1 unspecified atom stereocenters. The Balaban J connectivity index is 0.00000342. The van der Waals surface area contributed by atoms with Crippen LogP contribution in [0.2, 0.25) is 5.02 Å². The number of carboxylic acid groups (broad SMARTS) is 1. The number of halogens is 2. The van der Waals surface area contributed by atoms with Crippen molar-refractivity contribution in [2.45, 2.75) is 38.5 Å². The molecule has 0 aliphatic carbocycles. The van der Waals surface area contributed by atoms with Crippen molar-refractivity contribution in [1.82, 2.24) is 10.3 Å². The molecule has 1 aliphatic heterocycles. The summed E-state index contributed by atoms with van der Waals surface area (Å²) in [5.74, 6) is -0.437. The Labute approximate surface area is 240 Å². The van der Waals surface area contributed by atoms with Gasteiger partial charge in [0, 0.05) is 52.4 Å². The molecule has 6 nitrogen and oxygen atoms in total. The molecule has 1 aromatic heterocycles. The zero-order valence-corrected chi connectivity index (χ0v) is 21.3. The van der Waals surface area contributed by atoms with Crippen molar-refractivity contribution < 1.29 is 14.7 Å². The summed E-state index contributed by atoms with van der Waals surface area (Å²) in [6.07, 6.45) is 2.60. The molecule has 1 atom stereocenters. The Morgan fingerprint density at radius 3 is 2.60 bits per heavy atom. The standard InChI is InChI=1S/C26H27BrClN3O3.Na.H/c1-16-24(20-14-18(27)9-10-22(20)30-25(16)31-12-4-5-13-31)26(34)29-15-17(8-11-23(32)33)19-6-2-3-7-21(19)28;;/h2-3,6-7,9-10,14,17H,4-5,8,11-13,15H2,1H3,(H,29,34)(H,32,33);;. The molecule has 2 N–H and O–H groups in total. The van der Waals surface area contributed by atoms with Gasteiger partial charge in [0.15, 0.2) is 0 Å². The molecule has 0 saturated carbocycles. The average Bonchev–Trinajstić information content (AvgIpc) is 3.34. The minimum atomic E-state index is -0.876. The van der Waals surface area contributed by atoms with E-state index in [1.807, 2.05) is 43.3 Å². The van der Waals surface area contributed by atoms with E-state index in [1.165, 1.54) is 0 Å². The first kappa shape index (κ1) is 27.9. The molecular formula is C26H28BrClN3NaO3. The van der Waals surface area contributed by atoms with E-state index in [2.05, 4.69) is 26.1 Å². The summed E-state index contributed by atoms with van der Waals surface area (Å²) in [5, 5.41) is 13.6. The summed E-state index contributed by atoms with van der Waals surface area (Å²) < 4.78 is 0.875. The summed E-state index contributed by atoms with van der Waals surface area (Å²) in [5.41, 5.74) is 3.06. The van der Waals surface area contributed by atoms with Crippen LogP contribution in [0.25, 0.3) is 10.9 Å². The molecule has 4 rings (SSSR count). The first-order valence-corrected chi connectivity index (χ1v) is 12.6. The van der Waals surface area contributed by atoms with Gasteiger partial charge >= 0.3 is 35.5 Å². The van der Waals surface area contributed by atoms with Crippen LogP contribution in [0.15, 0.2) is 46.9 Å². The van der Waals surface area contributed by atoms with Gasteiger partial charge in [-0.3, -0.25) is 9.59 Å². The molecule has 0 radical (unpaired) electrons.